The average Bonchev–Trinajstić information content (AvgIpc) is 3.04. The Morgan fingerprint density at radius 3 is 2.70 bits per heavy atom. The maximum atomic E-state index is 5.49. The summed E-state index contributed by atoms with van der Waals surface area (Å²) < 4.78 is 5.49. The lowest BCUT2D eigenvalue weighted by Crippen LogP contribution is -2.49. The molecule has 0 aromatic heterocycles. The highest BCUT2D eigenvalue weighted by Gasteiger charge is 2.21. The van der Waals surface area contributed by atoms with E-state index in [2.05, 4.69) is 48.0 Å². The number of nitrogens with one attached hydrogen (secondary N) is 1. The Bertz CT molecular complexity index is 362. The van der Waals surface area contributed by atoms with Gasteiger partial charge in [-0.05, 0) is 27.3 Å². The maximum Gasteiger partial charge on any atom is 0.193 e. The highest BCUT2D eigenvalue weighted by molar-refractivity contribution is 5.79. The zero-order valence-electron chi connectivity index (χ0n) is 15.4. The van der Waals surface area contributed by atoms with Gasteiger partial charge in [-0.3, -0.25) is 9.89 Å². The molecule has 2 heterocycles. The van der Waals surface area contributed by atoms with Crippen LogP contribution in [0.3, 0.4) is 0 Å². The van der Waals surface area contributed by atoms with Crippen LogP contribution in [0.15, 0.2) is 4.99 Å². The third kappa shape index (κ3) is 5.94. The van der Waals surface area contributed by atoms with Crippen molar-refractivity contribution in [1.82, 2.24) is 20.0 Å². The first-order chi connectivity index (χ1) is 11.1. The molecule has 2 fully saturated rings. The van der Waals surface area contributed by atoms with Crippen LogP contribution in [-0.4, -0.2) is 99.8 Å². The lowest BCUT2D eigenvalue weighted by atomic mass is 10.1. The van der Waals surface area contributed by atoms with Gasteiger partial charge in [0.2, 0.25) is 0 Å². The molecular weight excluding hydrogens is 290 g/mol. The summed E-state index contributed by atoms with van der Waals surface area (Å²) in [4.78, 5) is 12.1. The summed E-state index contributed by atoms with van der Waals surface area (Å²) in [6.45, 7) is 13.6. The second kappa shape index (κ2) is 9.45. The van der Waals surface area contributed by atoms with Crippen LogP contribution in [0.2, 0.25) is 0 Å². The number of hydrogen-bond acceptors (Lipinski definition) is 4. The molecule has 6 heteroatoms. The number of likely N-dealkylation sites (N-methyl/N-ethyl adjacent to an activating group) is 1. The van der Waals surface area contributed by atoms with Crippen LogP contribution in [0.4, 0.5) is 0 Å². The van der Waals surface area contributed by atoms with Gasteiger partial charge in [-0.2, -0.15) is 0 Å². The number of hydrogen-bond donors (Lipinski definition) is 1. The lowest BCUT2D eigenvalue weighted by molar-refractivity contribution is 0.122. The molecule has 2 rings (SSSR count). The Balaban J connectivity index is 1.84. The average molecular weight is 326 g/mol. The second-order valence-electron chi connectivity index (χ2n) is 6.99. The van der Waals surface area contributed by atoms with Gasteiger partial charge in [-0.1, -0.05) is 0 Å². The molecule has 23 heavy (non-hydrogen) atoms. The predicted molar refractivity (Wildman–Crippen MR) is 96.1 cm³/mol. The van der Waals surface area contributed by atoms with Gasteiger partial charge in [-0.25, -0.2) is 0 Å². The minimum Gasteiger partial charge on any atom is -0.381 e. The Labute approximate surface area is 141 Å². The summed E-state index contributed by atoms with van der Waals surface area (Å²) in [6.07, 6.45) is 1.17. The highest BCUT2D eigenvalue weighted by Crippen LogP contribution is 2.13. The van der Waals surface area contributed by atoms with Gasteiger partial charge in [0.15, 0.2) is 5.96 Å². The molecular formula is C17H35N5O. The molecule has 0 aliphatic carbocycles. The van der Waals surface area contributed by atoms with Crippen molar-refractivity contribution in [3.05, 3.63) is 0 Å². The van der Waals surface area contributed by atoms with Crippen LogP contribution in [0.1, 0.15) is 20.3 Å². The van der Waals surface area contributed by atoms with E-state index in [4.69, 9.17) is 9.73 Å². The van der Waals surface area contributed by atoms with E-state index in [1.54, 1.807) is 0 Å². The Hall–Kier alpha value is -0.850. The molecule has 0 radical (unpaired) electrons. The normalized spacial score (nSPS) is 25.6. The first kappa shape index (κ1) is 18.5. The summed E-state index contributed by atoms with van der Waals surface area (Å²) in [6, 6.07) is 0.501. The van der Waals surface area contributed by atoms with Crippen LogP contribution in [-0.2, 0) is 4.74 Å². The van der Waals surface area contributed by atoms with Crippen LogP contribution in [0, 0.1) is 5.92 Å². The zero-order valence-corrected chi connectivity index (χ0v) is 15.4. The van der Waals surface area contributed by atoms with E-state index in [-0.39, 0.29) is 0 Å². The van der Waals surface area contributed by atoms with Crippen molar-refractivity contribution in [2.75, 3.05) is 73.1 Å². The minimum absolute atomic E-state index is 0.501. The van der Waals surface area contributed by atoms with Crippen LogP contribution in [0.25, 0.3) is 0 Å². The second-order valence-corrected chi connectivity index (χ2v) is 6.99. The topological polar surface area (TPSA) is 43.3 Å². The Morgan fingerprint density at radius 1 is 1.35 bits per heavy atom. The van der Waals surface area contributed by atoms with E-state index in [0.29, 0.717) is 12.0 Å². The molecule has 2 saturated heterocycles. The maximum absolute atomic E-state index is 5.49. The van der Waals surface area contributed by atoms with Crippen LogP contribution < -0.4 is 5.32 Å². The van der Waals surface area contributed by atoms with Gasteiger partial charge in [0.05, 0.1) is 13.2 Å². The standard InChI is InChI=1S/C17H35N5O/c1-5-18-17(21(4)13-16-6-11-23-14-16)19-12-15(2)22-9-7-20(3)8-10-22/h15-16H,5-14H2,1-4H3,(H,18,19). The number of piperazine rings is 1. The molecule has 0 saturated carbocycles. The molecule has 0 spiro atoms. The summed E-state index contributed by atoms with van der Waals surface area (Å²) >= 11 is 0. The zero-order chi connectivity index (χ0) is 16.7. The van der Waals surface area contributed by atoms with E-state index in [0.717, 1.165) is 65.0 Å². The summed E-state index contributed by atoms with van der Waals surface area (Å²) in [5.74, 6) is 1.67. The summed E-state index contributed by atoms with van der Waals surface area (Å²) in [5, 5.41) is 3.43. The first-order valence-electron chi connectivity index (χ1n) is 9.10. The summed E-state index contributed by atoms with van der Waals surface area (Å²) in [5.41, 5.74) is 0. The molecule has 134 valence electrons. The smallest absolute Gasteiger partial charge is 0.193 e. The number of ether oxygens (including phenoxy) is 1. The highest BCUT2D eigenvalue weighted by atomic mass is 16.5. The fourth-order valence-corrected chi connectivity index (χ4v) is 3.27. The Kier molecular flexibility index (Phi) is 7.59. The van der Waals surface area contributed by atoms with E-state index in [1.807, 2.05) is 0 Å². The van der Waals surface area contributed by atoms with Crippen molar-refractivity contribution in [2.45, 2.75) is 26.3 Å². The first-order valence-corrected chi connectivity index (χ1v) is 9.10. The van der Waals surface area contributed by atoms with Gasteiger partial charge in [0.25, 0.3) is 0 Å². The molecule has 2 unspecified atom stereocenters. The fourth-order valence-electron chi connectivity index (χ4n) is 3.27. The fraction of sp³-hybridized carbons (Fsp3) is 0.941. The number of guanidine groups is 1. The van der Waals surface area contributed by atoms with E-state index >= 15 is 0 Å². The van der Waals surface area contributed by atoms with Crippen molar-refractivity contribution in [2.24, 2.45) is 10.9 Å². The molecule has 2 aliphatic rings. The molecule has 0 amide bonds. The number of nitrogens with zero attached hydrogens (tertiary/aromatic N) is 4. The Morgan fingerprint density at radius 2 is 2.09 bits per heavy atom. The number of rotatable bonds is 6. The van der Waals surface area contributed by atoms with Crippen molar-refractivity contribution in [3.63, 3.8) is 0 Å². The molecule has 0 bridgehead atoms. The largest absolute Gasteiger partial charge is 0.381 e. The van der Waals surface area contributed by atoms with E-state index in [9.17, 15) is 0 Å². The van der Waals surface area contributed by atoms with Crippen molar-refractivity contribution >= 4 is 5.96 Å². The number of aliphatic imine (C=N–C) groups is 1. The van der Waals surface area contributed by atoms with Crippen molar-refractivity contribution in [1.29, 1.82) is 0 Å². The lowest BCUT2D eigenvalue weighted by Gasteiger charge is -2.36. The molecule has 2 atom stereocenters. The quantitative estimate of drug-likeness (QED) is 0.571. The van der Waals surface area contributed by atoms with Crippen molar-refractivity contribution < 1.29 is 4.74 Å². The SMILES string of the molecule is CCNC(=NCC(C)N1CCN(C)CC1)N(C)CC1CCOC1. The monoisotopic (exact) mass is 325 g/mol. The van der Waals surface area contributed by atoms with Crippen molar-refractivity contribution in [3.8, 4) is 0 Å². The molecule has 6 nitrogen and oxygen atoms in total. The van der Waals surface area contributed by atoms with Gasteiger partial charge in [-0.15, -0.1) is 0 Å². The summed E-state index contributed by atoms with van der Waals surface area (Å²) in [7, 11) is 4.34. The van der Waals surface area contributed by atoms with Gasteiger partial charge in [0.1, 0.15) is 0 Å². The molecule has 2 aliphatic heterocycles. The van der Waals surface area contributed by atoms with E-state index < -0.39 is 0 Å². The van der Waals surface area contributed by atoms with E-state index in [1.165, 1.54) is 6.42 Å². The third-order valence-corrected chi connectivity index (χ3v) is 4.92. The minimum atomic E-state index is 0.501. The van der Waals surface area contributed by atoms with Gasteiger partial charge in [0, 0.05) is 64.9 Å². The third-order valence-electron chi connectivity index (χ3n) is 4.92. The molecule has 1 N–H and O–H groups in total. The van der Waals surface area contributed by atoms with Crippen LogP contribution in [0.5, 0.6) is 0 Å². The molecule has 0 aromatic carbocycles. The van der Waals surface area contributed by atoms with Gasteiger partial charge < -0.3 is 19.9 Å². The predicted octanol–water partition coefficient (Wildman–Crippen LogP) is 0.556. The molecule has 0 aromatic rings. The van der Waals surface area contributed by atoms with Gasteiger partial charge >= 0.3 is 0 Å². The van der Waals surface area contributed by atoms with Crippen LogP contribution >= 0.6 is 0 Å².